The van der Waals surface area contributed by atoms with Crippen molar-refractivity contribution in [2.75, 3.05) is 33.9 Å². The van der Waals surface area contributed by atoms with E-state index in [1.165, 1.54) is 39.1 Å². The van der Waals surface area contributed by atoms with Gasteiger partial charge < -0.3 is 10.1 Å². The van der Waals surface area contributed by atoms with Crippen LogP contribution in [0.4, 0.5) is 0 Å². The smallest absolute Gasteiger partial charge is 0.252 e. The Morgan fingerprint density at radius 3 is 2.71 bits per heavy atom. The fourth-order valence-electron chi connectivity index (χ4n) is 2.06. The molecule has 0 aromatic heterocycles. The normalized spacial score (nSPS) is 14.8. The minimum atomic E-state index is -3.55. The number of carbonyl (C=O) groups excluding carboxylic acids is 1. The Morgan fingerprint density at radius 1 is 1.38 bits per heavy atom. The molecule has 0 bridgehead atoms. The van der Waals surface area contributed by atoms with E-state index in [-0.39, 0.29) is 10.8 Å². The average Bonchev–Trinajstić information content (AvgIpc) is 3.34. The number of rotatable bonds is 9. The van der Waals surface area contributed by atoms with Crippen LogP contribution in [0.1, 0.15) is 29.6 Å². The van der Waals surface area contributed by atoms with Crippen molar-refractivity contribution in [3.05, 3.63) is 27.3 Å². The Bertz CT molecular complexity index is 687. The molecule has 2 rings (SSSR count). The third kappa shape index (κ3) is 5.40. The van der Waals surface area contributed by atoms with Crippen molar-refractivity contribution in [2.45, 2.75) is 24.2 Å². The number of nitrogens with zero attached hydrogens (tertiary/aromatic N) is 1. The van der Waals surface area contributed by atoms with Crippen LogP contribution in [0.2, 0.25) is 0 Å². The number of hydrogen-bond donors (Lipinski definition) is 1. The van der Waals surface area contributed by atoms with Crippen LogP contribution >= 0.6 is 22.6 Å². The zero-order valence-corrected chi connectivity index (χ0v) is 16.9. The van der Waals surface area contributed by atoms with E-state index in [1.54, 1.807) is 6.07 Å². The number of benzene rings is 1. The van der Waals surface area contributed by atoms with Crippen LogP contribution in [0.5, 0.6) is 0 Å². The molecule has 1 aromatic carbocycles. The van der Waals surface area contributed by atoms with Crippen molar-refractivity contribution < 1.29 is 17.9 Å². The Balaban J connectivity index is 1.90. The van der Waals surface area contributed by atoms with Gasteiger partial charge in [-0.2, -0.15) is 0 Å². The van der Waals surface area contributed by atoms with Crippen LogP contribution in [0, 0.1) is 9.49 Å². The minimum absolute atomic E-state index is 0.117. The predicted octanol–water partition coefficient (Wildman–Crippen LogP) is 2.09. The molecule has 1 amide bonds. The number of hydrogen-bond acceptors (Lipinski definition) is 4. The lowest BCUT2D eigenvalue weighted by Crippen LogP contribution is -2.27. The molecule has 0 aliphatic heterocycles. The van der Waals surface area contributed by atoms with Crippen LogP contribution in [0.15, 0.2) is 23.1 Å². The standard InChI is InChI=1S/C16H23IN2O4S/c1-19(2)24(21,22)13-6-7-15(17)14(10-13)16(20)18-8-3-9-23-11-12-4-5-12/h6-7,10,12H,3-5,8-9,11H2,1-2H3,(H,18,20). The summed E-state index contributed by atoms with van der Waals surface area (Å²) in [4.78, 5) is 12.4. The topological polar surface area (TPSA) is 75.7 Å². The molecule has 0 saturated heterocycles. The van der Waals surface area contributed by atoms with Gasteiger partial charge in [0.15, 0.2) is 0 Å². The maximum absolute atomic E-state index is 12.3. The molecule has 0 spiro atoms. The summed E-state index contributed by atoms with van der Waals surface area (Å²) in [5, 5.41) is 2.82. The Labute approximate surface area is 157 Å². The highest BCUT2D eigenvalue weighted by Gasteiger charge is 2.21. The molecule has 0 unspecified atom stereocenters. The second-order valence-electron chi connectivity index (χ2n) is 6.06. The summed E-state index contributed by atoms with van der Waals surface area (Å²) < 4.78 is 31.7. The largest absolute Gasteiger partial charge is 0.381 e. The minimum Gasteiger partial charge on any atom is -0.381 e. The maximum Gasteiger partial charge on any atom is 0.252 e. The van der Waals surface area contributed by atoms with Crippen LogP contribution in [-0.2, 0) is 14.8 Å². The Kier molecular flexibility index (Phi) is 7.02. The zero-order valence-electron chi connectivity index (χ0n) is 13.9. The lowest BCUT2D eigenvalue weighted by Gasteiger charge is -2.13. The summed E-state index contributed by atoms with van der Waals surface area (Å²) in [6.45, 7) is 1.95. The first-order valence-corrected chi connectivity index (χ1v) is 10.4. The second kappa shape index (κ2) is 8.59. The lowest BCUT2D eigenvalue weighted by atomic mass is 10.2. The van der Waals surface area contributed by atoms with Gasteiger partial charge in [0.1, 0.15) is 0 Å². The summed E-state index contributed by atoms with van der Waals surface area (Å²) in [6.07, 6.45) is 3.27. The number of halogens is 1. The molecule has 0 radical (unpaired) electrons. The maximum atomic E-state index is 12.3. The van der Waals surface area contributed by atoms with Gasteiger partial charge in [-0.1, -0.05) is 0 Å². The molecular weight excluding hydrogens is 443 g/mol. The highest BCUT2D eigenvalue weighted by atomic mass is 127. The highest BCUT2D eigenvalue weighted by Crippen LogP contribution is 2.28. The third-order valence-corrected chi connectivity index (χ3v) is 6.51. The van der Waals surface area contributed by atoms with E-state index in [0.717, 1.165) is 23.3 Å². The molecule has 6 nitrogen and oxygen atoms in total. The first kappa shape index (κ1) is 19.6. The summed E-state index contributed by atoms with van der Waals surface area (Å²) in [7, 11) is -0.621. The summed E-state index contributed by atoms with van der Waals surface area (Å²) >= 11 is 2.03. The number of ether oxygens (including phenoxy) is 1. The molecule has 1 aromatic rings. The van der Waals surface area contributed by atoms with Gasteiger partial charge in [-0.3, -0.25) is 4.79 Å². The lowest BCUT2D eigenvalue weighted by molar-refractivity contribution is 0.0936. The summed E-state index contributed by atoms with van der Waals surface area (Å²) in [5.74, 6) is 0.472. The molecule has 0 atom stereocenters. The van der Waals surface area contributed by atoms with E-state index in [1.807, 2.05) is 22.6 Å². The molecule has 134 valence electrons. The SMILES string of the molecule is CN(C)S(=O)(=O)c1ccc(I)c(C(=O)NCCCOCC2CC2)c1. The van der Waals surface area contributed by atoms with Gasteiger partial charge in [0, 0.05) is 37.4 Å². The molecular formula is C16H23IN2O4S. The first-order chi connectivity index (χ1) is 11.3. The van der Waals surface area contributed by atoms with Crippen LogP contribution in [0.25, 0.3) is 0 Å². The van der Waals surface area contributed by atoms with Crippen molar-refractivity contribution in [2.24, 2.45) is 5.92 Å². The van der Waals surface area contributed by atoms with Crippen LogP contribution < -0.4 is 5.32 Å². The van der Waals surface area contributed by atoms with Gasteiger partial charge >= 0.3 is 0 Å². The quantitative estimate of drug-likeness (QED) is 0.447. The van der Waals surface area contributed by atoms with Gasteiger partial charge in [-0.25, -0.2) is 12.7 Å². The van der Waals surface area contributed by atoms with E-state index in [4.69, 9.17) is 4.74 Å². The van der Waals surface area contributed by atoms with Gasteiger partial charge in [0.25, 0.3) is 5.91 Å². The number of carbonyl (C=O) groups is 1. The highest BCUT2D eigenvalue weighted by molar-refractivity contribution is 14.1. The second-order valence-corrected chi connectivity index (χ2v) is 9.37. The van der Waals surface area contributed by atoms with Crippen molar-refractivity contribution in [1.82, 2.24) is 9.62 Å². The Morgan fingerprint density at radius 2 is 2.08 bits per heavy atom. The molecule has 1 aliphatic rings. The monoisotopic (exact) mass is 466 g/mol. The summed E-state index contributed by atoms with van der Waals surface area (Å²) in [5.41, 5.74) is 0.373. The van der Waals surface area contributed by atoms with Crippen LogP contribution in [-0.4, -0.2) is 52.5 Å². The zero-order chi connectivity index (χ0) is 17.7. The molecule has 24 heavy (non-hydrogen) atoms. The molecule has 8 heteroatoms. The molecule has 0 heterocycles. The molecule has 1 saturated carbocycles. The third-order valence-electron chi connectivity index (χ3n) is 3.76. The van der Waals surface area contributed by atoms with Crippen molar-refractivity contribution in [1.29, 1.82) is 0 Å². The average molecular weight is 466 g/mol. The van der Waals surface area contributed by atoms with E-state index in [2.05, 4.69) is 5.32 Å². The van der Waals surface area contributed by atoms with Crippen molar-refractivity contribution in [3.8, 4) is 0 Å². The Hall–Kier alpha value is -0.710. The molecule has 1 N–H and O–H groups in total. The molecule has 1 fully saturated rings. The van der Waals surface area contributed by atoms with Crippen LogP contribution in [0.3, 0.4) is 0 Å². The van der Waals surface area contributed by atoms with Gasteiger partial charge in [0.05, 0.1) is 10.5 Å². The number of sulfonamides is 1. The van der Waals surface area contributed by atoms with Gasteiger partial charge in [-0.05, 0) is 66.0 Å². The van der Waals surface area contributed by atoms with E-state index in [0.29, 0.717) is 22.3 Å². The van der Waals surface area contributed by atoms with E-state index >= 15 is 0 Å². The van der Waals surface area contributed by atoms with E-state index in [9.17, 15) is 13.2 Å². The predicted molar refractivity (Wildman–Crippen MR) is 101 cm³/mol. The fourth-order valence-corrected chi connectivity index (χ4v) is 3.56. The molecule has 1 aliphatic carbocycles. The van der Waals surface area contributed by atoms with Crippen molar-refractivity contribution >= 4 is 38.5 Å². The number of nitrogens with one attached hydrogen (secondary N) is 1. The van der Waals surface area contributed by atoms with Gasteiger partial charge in [-0.15, -0.1) is 0 Å². The van der Waals surface area contributed by atoms with Gasteiger partial charge in [0.2, 0.25) is 10.0 Å². The first-order valence-electron chi connectivity index (χ1n) is 7.90. The number of amides is 1. The fraction of sp³-hybridized carbons (Fsp3) is 0.562. The van der Waals surface area contributed by atoms with E-state index < -0.39 is 10.0 Å². The van der Waals surface area contributed by atoms with Crippen molar-refractivity contribution in [3.63, 3.8) is 0 Å². The summed E-state index contributed by atoms with van der Waals surface area (Å²) in [6, 6.07) is 4.58.